The molecule has 3 aliphatic rings. The molecule has 9 atom stereocenters. The van der Waals surface area contributed by atoms with Gasteiger partial charge in [0.2, 0.25) is 0 Å². The third-order valence-electron chi connectivity index (χ3n) is 7.67. The maximum Gasteiger partial charge on any atom is 0.0320 e. The fourth-order valence-electron chi connectivity index (χ4n) is 6.21. The SMILES string of the molecule is CC1c2c(Br)csc2C(S(C)(C)C2C(C)C(C)C3C(Br)CSC32)C1C. The topological polar surface area (TPSA) is 0 Å². The minimum Gasteiger partial charge on any atom is -0.235 e. The molecular formula is C20H30Br2S3. The molecule has 142 valence electrons. The van der Waals surface area contributed by atoms with Crippen LogP contribution in [0.3, 0.4) is 0 Å². The third kappa shape index (κ3) is 2.72. The Labute approximate surface area is 180 Å². The van der Waals surface area contributed by atoms with E-state index in [4.69, 9.17) is 0 Å². The Morgan fingerprint density at radius 3 is 2.44 bits per heavy atom. The molecule has 2 heterocycles. The average Bonchev–Trinajstić information content (AvgIpc) is 3.21. The van der Waals surface area contributed by atoms with Crippen LogP contribution in [-0.4, -0.2) is 33.6 Å². The first-order valence-electron chi connectivity index (χ1n) is 9.41. The highest BCUT2D eigenvalue weighted by atomic mass is 79.9. The highest BCUT2D eigenvalue weighted by Crippen LogP contribution is 2.74. The van der Waals surface area contributed by atoms with Gasteiger partial charge in [-0.1, -0.05) is 43.6 Å². The fraction of sp³-hybridized carbons (Fsp3) is 0.800. The monoisotopic (exact) mass is 524 g/mol. The minimum atomic E-state index is -0.732. The first-order valence-corrected chi connectivity index (χ1v) is 15.6. The van der Waals surface area contributed by atoms with Crippen molar-refractivity contribution in [3.05, 3.63) is 20.3 Å². The third-order valence-corrected chi connectivity index (χ3v) is 17.0. The highest BCUT2D eigenvalue weighted by Gasteiger charge is 2.58. The predicted octanol–water partition coefficient (Wildman–Crippen LogP) is 7.52. The van der Waals surface area contributed by atoms with Gasteiger partial charge < -0.3 is 0 Å². The van der Waals surface area contributed by atoms with Crippen molar-refractivity contribution < 1.29 is 0 Å². The van der Waals surface area contributed by atoms with Gasteiger partial charge in [0.05, 0.1) is 0 Å². The molecule has 0 spiro atoms. The summed E-state index contributed by atoms with van der Waals surface area (Å²) in [5, 5.41) is 4.89. The first kappa shape index (κ1) is 19.7. The van der Waals surface area contributed by atoms with Crippen LogP contribution >= 0.6 is 65.0 Å². The molecule has 0 bridgehead atoms. The van der Waals surface area contributed by atoms with Crippen molar-refractivity contribution in [2.75, 3.05) is 18.3 Å². The number of alkyl halides is 1. The average molecular weight is 526 g/mol. The van der Waals surface area contributed by atoms with Crippen molar-refractivity contribution in [1.82, 2.24) is 0 Å². The second kappa shape index (κ2) is 6.71. The zero-order valence-corrected chi connectivity index (χ0v) is 21.6. The van der Waals surface area contributed by atoms with E-state index < -0.39 is 10.0 Å². The van der Waals surface area contributed by atoms with Crippen LogP contribution in [0.25, 0.3) is 0 Å². The Hall–Kier alpha value is 1.36. The molecule has 9 unspecified atom stereocenters. The number of thioether (sulfide) groups is 1. The van der Waals surface area contributed by atoms with E-state index in [9.17, 15) is 0 Å². The Morgan fingerprint density at radius 2 is 1.76 bits per heavy atom. The van der Waals surface area contributed by atoms with E-state index in [0.29, 0.717) is 5.92 Å². The molecule has 25 heavy (non-hydrogen) atoms. The molecule has 0 N–H and O–H groups in total. The van der Waals surface area contributed by atoms with Gasteiger partial charge in [-0.3, -0.25) is 0 Å². The fourth-order valence-corrected chi connectivity index (χ4v) is 18.1. The van der Waals surface area contributed by atoms with Crippen LogP contribution in [0.15, 0.2) is 9.85 Å². The van der Waals surface area contributed by atoms with E-state index in [1.165, 1.54) is 10.2 Å². The molecule has 0 aromatic carbocycles. The first-order chi connectivity index (χ1) is 11.7. The number of halogens is 2. The van der Waals surface area contributed by atoms with E-state index in [1.807, 2.05) is 11.3 Å². The van der Waals surface area contributed by atoms with Gasteiger partial charge in [0.25, 0.3) is 0 Å². The molecule has 0 amide bonds. The maximum absolute atomic E-state index is 4.03. The summed E-state index contributed by atoms with van der Waals surface area (Å²) in [5.41, 5.74) is 1.63. The molecule has 0 nitrogen and oxygen atoms in total. The van der Waals surface area contributed by atoms with Crippen LogP contribution in [-0.2, 0) is 0 Å². The smallest absolute Gasteiger partial charge is 0.0320 e. The van der Waals surface area contributed by atoms with Crippen molar-refractivity contribution in [2.45, 2.75) is 54.2 Å². The van der Waals surface area contributed by atoms with Gasteiger partial charge >= 0.3 is 0 Å². The number of hydrogen-bond acceptors (Lipinski definition) is 2. The predicted molar refractivity (Wildman–Crippen MR) is 126 cm³/mol. The molecular weight excluding hydrogens is 496 g/mol. The lowest BCUT2D eigenvalue weighted by molar-refractivity contribution is 0.368. The normalized spacial score (nSPS) is 47.1. The minimum absolute atomic E-state index is 0.692. The lowest BCUT2D eigenvalue weighted by atomic mass is 9.91. The molecule has 4 rings (SSSR count). The Bertz CT molecular complexity index is 670. The summed E-state index contributed by atoms with van der Waals surface area (Å²) in [6, 6.07) is 0. The molecule has 2 fully saturated rings. The Balaban J connectivity index is 1.75. The van der Waals surface area contributed by atoms with Gasteiger partial charge in [0.15, 0.2) is 0 Å². The quantitative estimate of drug-likeness (QED) is 0.359. The molecule has 1 aromatic heterocycles. The standard InChI is InChI=1S/C20H30Br2S3/c1-9-11(3)19(17-15(9)13(21)7-23-17)25(5,6)20-12(4)10(2)16-14(22)8-24-18(16)20/h7,9-12,14,16,18-20H,8H2,1-6H3. The highest BCUT2D eigenvalue weighted by molar-refractivity contribution is 9.10. The summed E-state index contributed by atoms with van der Waals surface area (Å²) in [6.45, 7) is 10.1. The molecule has 5 heteroatoms. The van der Waals surface area contributed by atoms with E-state index in [1.54, 1.807) is 10.4 Å². The molecule has 1 aromatic rings. The number of rotatable bonds is 2. The van der Waals surface area contributed by atoms with Crippen LogP contribution in [0.2, 0.25) is 0 Å². The molecule has 2 aliphatic carbocycles. The van der Waals surface area contributed by atoms with Gasteiger partial charge in [-0.25, -0.2) is 10.0 Å². The van der Waals surface area contributed by atoms with E-state index in [2.05, 4.69) is 89.2 Å². The number of thiophene rings is 1. The summed E-state index contributed by atoms with van der Waals surface area (Å²) in [5.74, 6) is 5.35. The Kier molecular flexibility index (Phi) is 5.28. The zero-order chi connectivity index (χ0) is 18.3. The zero-order valence-electron chi connectivity index (χ0n) is 16.0. The summed E-state index contributed by atoms with van der Waals surface area (Å²) in [4.78, 5) is 2.44. The summed E-state index contributed by atoms with van der Waals surface area (Å²) in [6.07, 6.45) is 5.37. The van der Waals surface area contributed by atoms with Crippen LogP contribution in [0.4, 0.5) is 0 Å². The van der Waals surface area contributed by atoms with Gasteiger partial charge in [0, 0.05) is 41.1 Å². The number of fused-ring (bicyclic) bond motifs is 2. The summed E-state index contributed by atoms with van der Waals surface area (Å²) in [7, 11) is -0.732. The van der Waals surface area contributed by atoms with Gasteiger partial charge in [-0.05, 0) is 63.6 Å². The molecule has 0 radical (unpaired) electrons. The van der Waals surface area contributed by atoms with Crippen LogP contribution in [0.5, 0.6) is 0 Å². The van der Waals surface area contributed by atoms with E-state index in [0.717, 1.165) is 44.2 Å². The van der Waals surface area contributed by atoms with E-state index in [-0.39, 0.29) is 0 Å². The molecule has 1 aliphatic heterocycles. The van der Waals surface area contributed by atoms with Crippen molar-refractivity contribution in [1.29, 1.82) is 0 Å². The van der Waals surface area contributed by atoms with Crippen molar-refractivity contribution in [2.24, 2.45) is 23.7 Å². The van der Waals surface area contributed by atoms with Crippen molar-refractivity contribution in [3.8, 4) is 0 Å². The maximum atomic E-state index is 4.03. The van der Waals surface area contributed by atoms with E-state index >= 15 is 0 Å². The largest absolute Gasteiger partial charge is 0.235 e. The van der Waals surface area contributed by atoms with Gasteiger partial charge in [-0.15, -0.1) is 11.3 Å². The Morgan fingerprint density at radius 1 is 1.08 bits per heavy atom. The molecule has 1 saturated carbocycles. The summed E-state index contributed by atoms with van der Waals surface area (Å²) < 4.78 is 1.37. The molecule has 1 saturated heterocycles. The summed E-state index contributed by atoms with van der Waals surface area (Å²) >= 11 is 12.2. The van der Waals surface area contributed by atoms with Crippen LogP contribution in [0, 0.1) is 23.7 Å². The second-order valence-corrected chi connectivity index (χ2v) is 17.2. The van der Waals surface area contributed by atoms with Crippen molar-refractivity contribution in [3.63, 3.8) is 0 Å². The second-order valence-electron chi connectivity index (χ2n) is 8.99. The lowest BCUT2D eigenvalue weighted by Gasteiger charge is -2.49. The number of hydrogen-bond donors (Lipinski definition) is 0. The van der Waals surface area contributed by atoms with Gasteiger partial charge in [-0.2, -0.15) is 11.8 Å². The van der Waals surface area contributed by atoms with Crippen molar-refractivity contribution >= 4 is 65.0 Å². The van der Waals surface area contributed by atoms with Gasteiger partial charge in [0.1, 0.15) is 0 Å². The van der Waals surface area contributed by atoms with Crippen LogP contribution in [0.1, 0.15) is 49.3 Å². The van der Waals surface area contributed by atoms with Crippen LogP contribution < -0.4 is 0 Å². The lowest BCUT2D eigenvalue weighted by Crippen LogP contribution is -2.33.